The molecule has 0 saturated heterocycles. The van der Waals surface area contributed by atoms with Crippen LogP contribution in [0.15, 0.2) is 66.0 Å². The summed E-state index contributed by atoms with van der Waals surface area (Å²) in [5, 5.41) is 10.4. The molecule has 0 saturated carbocycles. The molecule has 0 radical (unpaired) electrons. The summed E-state index contributed by atoms with van der Waals surface area (Å²) >= 11 is 0. The Morgan fingerprint density at radius 3 is 2.52 bits per heavy atom. The van der Waals surface area contributed by atoms with Gasteiger partial charge in [0.15, 0.2) is 11.8 Å². The summed E-state index contributed by atoms with van der Waals surface area (Å²) in [6.45, 7) is 3.38. The first-order valence-corrected chi connectivity index (χ1v) is 9.09. The summed E-state index contributed by atoms with van der Waals surface area (Å²) in [5.41, 5.74) is 1.03. The van der Waals surface area contributed by atoms with E-state index < -0.39 is 11.7 Å². The lowest BCUT2D eigenvalue weighted by Gasteiger charge is -2.12. The molecule has 29 heavy (non-hydrogen) atoms. The highest BCUT2D eigenvalue weighted by molar-refractivity contribution is 5.79. The van der Waals surface area contributed by atoms with Crippen molar-refractivity contribution in [3.63, 3.8) is 0 Å². The zero-order valence-corrected chi connectivity index (χ0v) is 15.8. The van der Waals surface area contributed by atoms with Gasteiger partial charge in [-0.3, -0.25) is 0 Å². The molecule has 0 amide bonds. The van der Waals surface area contributed by atoms with Crippen LogP contribution in [0.2, 0.25) is 0 Å². The summed E-state index contributed by atoms with van der Waals surface area (Å²) in [4.78, 5) is 8.82. The number of halogens is 3. The van der Waals surface area contributed by atoms with Crippen LogP contribution in [0.5, 0.6) is 0 Å². The van der Waals surface area contributed by atoms with Crippen LogP contribution in [-0.2, 0) is 19.3 Å². The van der Waals surface area contributed by atoms with Crippen molar-refractivity contribution in [1.29, 1.82) is 0 Å². The first-order valence-electron chi connectivity index (χ1n) is 9.09. The number of hydrogen-bond acceptors (Lipinski definition) is 3. The summed E-state index contributed by atoms with van der Waals surface area (Å²) in [5.74, 6) is 1.27. The zero-order valence-electron chi connectivity index (χ0n) is 15.8. The van der Waals surface area contributed by atoms with Crippen molar-refractivity contribution < 1.29 is 13.2 Å². The first-order chi connectivity index (χ1) is 14.0. The highest BCUT2D eigenvalue weighted by Crippen LogP contribution is 2.29. The minimum atomic E-state index is -4.33. The number of nitrogens with one attached hydrogen (secondary N) is 2. The van der Waals surface area contributed by atoms with Crippen molar-refractivity contribution in [2.45, 2.75) is 26.2 Å². The Bertz CT molecular complexity index is 934. The van der Waals surface area contributed by atoms with Crippen LogP contribution in [0.4, 0.5) is 13.2 Å². The number of aliphatic imine (C=N–C) groups is 1. The fourth-order valence-corrected chi connectivity index (χ4v) is 2.60. The normalized spacial score (nSPS) is 12.1. The minimum Gasteiger partial charge on any atom is -0.357 e. The lowest BCUT2D eigenvalue weighted by atomic mass is 10.1. The van der Waals surface area contributed by atoms with Gasteiger partial charge in [-0.25, -0.2) is 14.7 Å². The molecule has 6 nitrogen and oxygen atoms in total. The Labute approximate surface area is 166 Å². The SMILES string of the molecule is CCNC(=NCc1ccnc(-n2cccn2)c1)NCc1ccc(C(F)(F)F)cc1. The van der Waals surface area contributed by atoms with Crippen LogP contribution in [-0.4, -0.2) is 27.3 Å². The number of alkyl halides is 3. The largest absolute Gasteiger partial charge is 0.416 e. The van der Waals surface area contributed by atoms with Crippen molar-refractivity contribution in [3.05, 3.63) is 77.7 Å². The van der Waals surface area contributed by atoms with Crippen LogP contribution in [0.1, 0.15) is 23.6 Å². The van der Waals surface area contributed by atoms with Gasteiger partial charge in [0.1, 0.15) is 0 Å². The second kappa shape index (κ2) is 9.22. The molecule has 0 unspecified atom stereocenters. The molecule has 0 fully saturated rings. The van der Waals surface area contributed by atoms with E-state index in [9.17, 15) is 13.2 Å². The number of hydrogen-bond donors (Lipinski definition) is 2. The lowest BCUT2D eigenvalue weighted by molar-refractivity contribution is -0.137. The molecule has 2 heterocycles. The second-order valence-electron chi connectivity index (χ2n) is 6.22. The van der Waals surface area contributed by atoms with Gasteiger partial charge in [-0.05, 0) is 48.4 Å². The van der Waals surface area contributed by atoms with E-state index in [0.717, 1.165) is 23.3 Å². The molecule has 152 valence electrons. The molecule has 9 heteroatoms. The maximum Gasteiger partial charge on any atom is 0.416 e. The minimum absolute atomic E-state index is 0.360. The first kappa shape index (κ1) is 20.4. The molecule has 2 aromatic heterocycles. The predicted octanol–water partition coefficient (Wildman–Crippen LogP) is 3.54. The van der Waals surface area contributed by atoms with Crippen LogP contribution in [0.3, 0.4) is 0 Å². The molecular weight excluding hydrogens is 381 g/mol. The summed E-state index contributed by atoms with van der Waals surface area (Å²) in [6.07, 6.45) is 0.859. The topological polar surface area (TPSA) is 67.1 Å². The smallest absolute Gasteiger partial charge is 0.357 e. The van der Waals surface area contributed by atoms with E-state index in [1.54, 1.807) is 17.1 Å². The average molecular weight is 402 g/mol. The van der Waals surface area contributed by atoms with E-state index in [4.69, 9.17) is 0 Å². The molecular formula is C20H21F3N6. The van der Waals surface area contributed by atoms with Crippen LogP contribution < -0.4 is 10.6 Å². The van der Waals surface area contributed by atoms with Gasteiger partial charge in [-0.2, -0.15) is 18.3 Å². The molecule has 0 atom stereocenters. The molecule has 0 aliphatic carbocycles. The Morgan fingerprint density at radius 1 is 1.07 bits per heavy atom. The fourth-order valence-electron chi connectivity index (χ4n) is 2.60. The number of guanidine groups is 1. The Morgan fingerprint density at radius 2 is 1.86 bits per heavy atom. The van der Waals surface area contributed by atoms with Crippen molar-refractivity contribution in [3.8, 4) is 5.82 Å². The van der Waals surface area contributed by atoms with Gasteiger partial charge in [-0.15, -0.1) is 0 Å². The second-order valence-corrected chi connectivity index (χ2v) is 6.22. The number of pyridine rings is 1. The fraction of sp³-hybridized carbons (Fsp3) is 0.250. The Balaban J connectivity index is 1.63. The molecule has 0 aliphatic heterocycles. The van der Waals surface area contributed by atoms with Gasteiger partial charge in [0, 0.05) is 31.7 Å². The molecule has 2 N–H and O–H groups in total. The van der Waals surface area contributed by atoms with E-state index in [2.05, 4.69) is 25.7 Å². The van der Waals surface area contributed by atoms with Gasteiger partial charge >= 0.3 is 6.18 Å². The van der Waals surface area contributed by atoms with Gasteiger partial charge < -0.3 is 10.6 Å². The summed E-state index contributed by atoms with van der Waals surface area (Å²) in [7, 11) is 0. The van der Waals surface area contributed by atoms with Crippen LogP contribution in [0.25, 0.3) is 5.82 Å². The molecule has 0 spiro atoms. The maximum absolute atomic E-state index is 12.7. The molecule has 0 aliphatic rings. The van der Waals surface area contributed by atoms with Gasteiger partial charge in [0.2, 0.25) is 0 Å². The maximum atomic E-state index is 12.7. The standard InChI is InChI=1S/C20H21F3N6/c1-2-24-19(26-13-15-4-6-17(7-5-15)20(21,22)23)27-14-16-8-10-25-18(12-16)29-11-3-9-28-29/h3-12H,2,13-14H2,1H3,(H2,24,26,27). The van der Waals surface area contributed by atoms with Gasteiger partial charge in [0.25, 0.3) is 0 Å². The van der Waals surface area contributed by atoms with E-state index in [1.807, 2.05) is 31.3 Å². The quantitative estimate of drug-likeness (QED) is 0.489. The third kappa shape index (κ3) is 5.81. The Kier molecular flexibility index (Phi) is 6.48. The summed E-state index contributed by atoms with van der Waals surface area (Å²) < 4.78 is 39.6. The van der Waals surface area contributed by atoms with Crippen molar-refractivity contribution in [2.24, 2.45) is 4.99 Å². The molecule has 1 aromatic carbocycles. The highest BCUT2D eigenvalue weighted by Gasteiger charge is 2.29. The van der Waals surface area contributed by atoms with E-state index in [1.165, 1.54) is 12.1 Å². The van der Waals surface area contributed by atoms with Crippen LogP contribution >= 0.6 is 0 Å². The van der Waals surface area contributed by atoms with Crippen molar-refractivity contribution >= 4 is 5.96 Å². The lowest BCUT2D eigenvalue weighted by Crippen LogP contribution is -2.36. The van der Waals surface area contributed by atoms with Gasteiger partial charge in [0.05, 0.1) is 12.1 Å². The van der Waals surface area contributed by atoms with Crippen LogP contribution in [0, 0.1) is 0 Å². The average Bonchev–Trinajstić information content (AvgIpc) is 3.25. The van der Waals surface area contributed by atoms with E-state index in [-0.39, 0.29) is 0 Å². The molecule has 0 bridgehead atoms. The summed E-state index contributed by atoms with van der Waals surface area (Å²) in [6, 6.07) is 10.7. The number of benzene rings is 1. The Hall–Kier alpha value is -3.36. The third-order valence-corrected chi connectivity index (χ3v) is 4.05. The van der Waals surface area contributed by atoms with E-state index >= 15 is 0 Å². The van der Waals surface area contributed by atoms with Crippen molar-refractivity contribution in [1.82, 2.24) is 25.4 Å². The highest BCUT2D eigenvalue weighted by atomic mass is 19.4. The molecule has 3 rings (SSSR count). The van der Waals surface area contributed by atoms with Crippen molar-refractivity contribution in [2.75, 3.05) is 6.54 Å². The number of nitrogens with zero attached hydrogens (tertiary/aromatic N) is 4. The number of rotatable bonds is 6. The monoisotopic (exact) mass is 402 g/mol. The zero-order chi connectivity index (χ0) is 20.7. The van der Waals surface area contributed by atoms with E-state index in [0.29, 0.717) is 31.4 Å². The predicted molar refractivity (Wildman–Crippen MR) is 104 cm³/mol. The third-order valence-electron chi connectivity index (χ3n) is 4.05. The number of aromatic nitrogens is 3. The van der Waals surface area contributed by atoms with Gasteiger partial charge in [-0.1, -0.05) is 12.1 Å². The molecule has 3 aromatic rings.